The molecule has 2 saturated carbocycles. The summed E-state index contributed by atoms with van der Waals surface area (Å²) in [6, 6.07) is 6.15. The van der Waals surface area contributed by atoms with Crippen LogP contribution in [0.1, 0.15) is 99.4 Å². The third-order valence-electron chi connectivity index (χ3n) is 8.08. The molecular formula is C28H36F2O2. The van der Waals surface area contributed by atoms with Crippen LogP contribution < -0.4 is 0 Å². The van der Waals surface area contributed by atoms with Gasteiger partial charge in [-0.2, -0.15) is 0 Å². The summed E-state index contributed by atoms with van der Waals surface area (Å²) >= 11 is 0. The molecule has 0 aliphatic heterocycles. The summed E-state index contributed by atoms with van der Waals surface area (Å²) in [6.07, 6.45) is 13.8. The molecule has 2 fully saturated rings. The lowest BCUT2D eigenvalue weighted by molar-refractivity contribution is 0.0600. The van der Waals surface area contributed by atoms with Gasteiger partial charge in [-0.05, 0) is 78.9 Å². The van der Waals surface area contributed by atoms with E-state index in [-0.39, 0.29) is 16.9 Å². The number of unbranched alkanes of at least 4 members (excludes halogenated alkanes) is 3. The van der Waals surface area contributed by atoms with Crippen LogP contribution in [0.3, 0.4) is 0 Å². The second kappa shape index (κ2) is 10.3. The lowest BCUT2D eigenvalue weighted by Crippen LogP contribution is -2.30. The maximum Gasteiger partial charge on any atom is 0.337 e. The monoisotopic (exact) mass is 442 g/mol. The Balaban J connectivity index is 1.45. The van der Waals surface area contributed by atoms with Gasteiger partial charge in [-0.3, -0.25) is 0 Å². The van der Waals surface area contributed by atoms with Crippen molar-refractivity contribution in [1.82, 2.24) is 0 Å². The molecule has 2 aromatic carbocycles. The predicted molar refractivity (Wildman–Crippen MR) is 125 cm³/mol. The van der Waals surface area contributed by atoms with Crippen molar-refractivity contribution >= 4 is 16.7 Å². The van der Waals surface area contributed by atoms with Crippen molar-refractivity contribution in [1.29, 1.82) is 0 Å². The highest BCUT2D eigenvalue weighted by Crippen LogP contribution is 2.49. The summed E-state index contributed by atoms with van der Waals surface area (Å²) < 4.78 is 34.9. The zero-order valence-electron chi connectivity index (χ0n) is 19.5. The topological polar surface area (TPSA) is 26.3 Å². The molecule has 4 heteroatoms. The zero-order valence-corrected chi connectivity index (χ0v) is 19.5. The van der Waals surface area contributed by atoms with Crippen molar-refractivity contribution < 1.29 is 18.3 Å². The minimum Gasteiger partial charge on any atom is -0.465 e. The molecule has 32 heavy (non-hydrogen) atoms. The summed E-state index contributed by atoms with van der Waals surface area (Å²) in [4.78, 5) is 11.8. The Bertz CT molecular complexity index is 954. The van der Waals surface area contributed by atoms with Gasteiger partial charge < -0.3 is 4.74 Å². The van der Waals surface area contributed by atoms with Crippen LogP contribution in [0.4, 0.5) is 8.78 Å². The third-order valence-corrected chi connectivity index (χ3v) is 8.08. The molecule has 2 nitrogen and oxygen atoms in total. The van der Waals surface area contributed by atoms with Crippen LogP contribution >= 0.6 is 0 Å². The van der Waals surface area contributed by atoms with E-state index in [0.29, 0.717) is 16.9 Å². The van der Waals surface area contributed by atoms with Crippen molar-refractivity contribution in [3.63, 3.8) is 0 Å². The lowest BCUT2D eigenvalue weighted by atomic mass is 9.63. The fourth-order valence-corrected chi connectivity index (χ4v) is 6.33. The van der Waals surface area contributed by atoms with Gasteiger partial charge in [0.05, 0.1) is 18.1 Å². The van der Waals surface area contributed by atoms with E-state index in [1.165, 1.54) is 64.5 Å². The van der Waals surface area contributed by atoms with Gasteiger partial charge in [-0.15, -0.1) is 0 Å². The molecule has 2 aromatic rings. The van der Waals surface area contributed by atoms with E-state index in [4.69, 9.17) is 0 Å². The number of ether oxygens (including phenoxy) is 1. The molecule has 0 bridgehead atoms. The van der Waals surface area contributed by atoms with E-state index < -0.39 is 17.6 Å². The van der Waals surface area contributed by atoms with E-state index in [0.717, 1.165) is 37.2 Å². The fraction of sp³-hybridized carbons (Fsp3) is 0.607. The first-order valence-corrected chi connectivity index (χ1v) is 12.5. The number of carbonyl (C=O) groups is 1. The van der Waals surface area contributed by atoms with Gasteiger partial charge in [0.25, 0.3) is 0 Å². The maximum absolute atomic E-state index is 15.5. The average molecular weight is 443 g/mol. The number of halogens is 2. The summed E-state index contributed by atoms with van der Waals surface area (Å²) in [7, 11) is 1.25. The molecule has 0 N–H and O–H groups in total. The largest absolute Gasteiger partial charge is 0.465 e. The average Bonchev–Trinajstić information content (AvgIpc) is 2.81. The summed E-state index contributed by atoms with van der Waals surface area (Å²) in [6.45, 7) is 2.26. The lowest BCUT2D eigenvalue weighted by Gasteiger charge is -2.42. The highest BCUT2D eigenvalue weighted by Gasteiger charge is 2.36. The van der Waals surface area contributed by atoms with Gasteiger partial charge in [0.1, 0.15) is 11.6 Å². The highest BCUT2D eigenvalue weighted by atomic mass is 19.1. The van der Waals surface area contributed by atoms with Gasteiger partial charge in [0, 0.05) is 0 Å². The number of methoxy groups -OCH3 is 1. The van der Waals surface area contributed by atoms with Crippen LogP contribution in [-0.2, 0) is 4.74 Å². The summed E-state index contributed by atoms with van der Waals surface area (Å²) in [5, 5.41) is 0.400. The molecule has 4 atom stereocenters. The Morgan fingerprint density at radius 2 is 1.78 bits per heavy atom. The molecule has 0 radical (unpaired) electrons. The van der Waals surface area contributed by atoms with Gasteiger partial charge >= 0.3 is 5.97 Å². The van der Waals surface area contributed by atoms with Gasteiger partial charge in [-0.25, -0.2) is 13.6 Å². The number of hydrogen-bond donors (Lipinski definition) is 0. The predicted octanol–water partition coefficient (Wildman–Crippen LogP) is 8.18. The van der Waals surface area contributed by atoms with Crippen LogP contribution in [0, 0.1) is 29.4 Å². The number of esters is 1. The van der Waals surface area contributed by atoms with E-state index in [1.807, 2.05) is 6.07 Å². The van der Waals surface area contributed by atoms with Gasteiger partial charge in [-0.1, -0.05) is 57.6 Å². The first kappa shape index (κ1) is 23.2. The fourth-order valence-electron chi connectivity index (χ4n) is 6.33. The molecule has 4 rings (SSSR count). The first-order chi connectivity index (χ1) is 15.5. The van der Waals surface area contributed by atoms with Crippen LogP contribution in [0.15, 0.2) is 24.3 Å². The Morgan fingerprint density at radius 3 is 2.56 bits per heavy atom. The highest BCUT2D eigenvalue weighted by molar-refractivity contribution is 5.96. The molecule has 0 saturated heterocycles. The Morgan fingerprint density at radius 1 is 1.00 bits per heavy atom. The molecule has 0 heterocycles. The Labute approximate surface area is 190 Å². The van der Waals surface area contributed by atoms with Crippen LogP contribution in [0.2, 0.25) is 0 Å². The number of fused-ring (bicyclic) bond motifs is 2. The quantitative estimate of drug-likeness (QED) is 0.319. The number of benzene rings is 2. The molecular weight excluding hydrogens is 406 g/mol. The molecule has 4 unspecified atom stereocenters. The van der Waals surface area contributed by atoms with Crippen molar-refractivity contribution in [3.8, 4) is 0 Å². The minimum absolute atomic E-state index is 0.00642. The number of carbonyl (C=O) groups excluding carboxylic acids is 1. The first-order valence-electron chi connectivity index (χ1n) is 12.5. The van der Waals surface area contributed by atoms with Crippen LogP contribution in [0.5, 0.6) is 0 Å². The Hall–Kier alpha value is -1.97. The summed E-state index contributed by atoms with van der Waals surface area (Å²) in [5.41, 5.74) is 0.749. The van der Waals surface area contributed by atoms with Crippen LogP contribution in [-0.4, -0.2) is 13.1 Å². The molecule has 0 spiro atoms. The normalized spacial score (nSPS) is 25.5. The Kier molecular flexibility index (Phi) is 7.48. The standard InChI is InChI=1S/C28H36F2O2/c1-3-4-5-6-7-18-8-9-20-15-21(11-10-19(20)14-18)24-13-12-22-16-23(28(31)32-2)17-25(29)26(22)27(24)30/h12-13,16-21H,3-11,14-15H2,1-2H3. The molecule has 2 aliphatic carbocycles. The van der Waals surface area contributed by atoms with Crippen molar-refractivity contribution in [3.05, 3.63) is 47.0 Å². The van der Waals surface area contributed by atoms with Crippen molar-refractivity contribution in [2.45, 2.75) is 83.5 Å². The smallest absolute Gasteiger partial charge is 0.337 e. The second-order valence-corrected chi connectivity index (χ2v) is 10.1. The third kappa shape index (κ3) is 4.84. The van der Waals surface area contributed by atoms with E-state index in [9.17, 15) is 9.18 Å². The van der Waals surface area contributed by atoms with Gasteiger partial charge in [0.15, 0.2) is 0 Å². The van der Waals surface area contributed by atoms with Crippen molar-refractivity contribution in [2.75, 3.05) is 7.11 Å². The number of rotatable bonds is 7. The molecule has 0 aromatic heterocycles. The molecule has 2 aliphatic rings. The zero-order chi connectivity index (χ0) is 22.7. The van der Waals surface area contributed by atoms with E-state index in [2.05, 4.69) is 11.7 Å². The SMILES string of the molecule is CCCCCCC1CCC2CC(c3ccc4cc(C(=O)OC)cc(F)c4c3F)CCC2C1. The van der Waals surface area contributed by atoms with Crippen LogP contribution in [0.25, 0.3) is 10.8 Å². The second-order valence-electron chi connectivity index (χ2n) is 10.1. The van der Waals surface area contributed by atoms with E-state index in [1.54, 1.807) is 6.07 Å². The number of hydrogen-bond acceptors (Lipinski definition) is 2. The minimum atomic E-state index is -0.695. The van der Waals surface area contributed by atoms with E-state index >= 15 is 4.39 Å². The van der Waals surface area contributed by atoms with Crippen molar-refractivity contribution in [2.24, 2.45) is 17.8 Å². The molecule has 174 valence electrons. The summed E-state index contributed by atoms with van der Waals surface area (Å²) in [5.74, 6) is 0.710. The van der Waals surface area contributed by atoms with Gasteiger partial charge in [0.2, 0.25) is 0 Å². The maximum atomic E-state index is 15.5. The molecule has 0 amide bonds.